The number of carbonyl (C=O) groups is 2. The molecule has 0 spiro atoms. The van der Waals surface area contributed by atoms with Gasteiger partial charge < -0.3 is 14.2 Å². The van der Waals surface area contributed by atoms with Gasteiger partial charge in [0.05, 0.1) is 19.9 Å². The molecule has 26 heavy (non-hydrogen) atoms. The maximum Gasteiger partial charge on any atom is 0.410 e. The van der Waals surface area contributed by atoms with Crippen molar-refractivity contribution >= 4 is 12.1 Å². The van der Waals surface area contributed by atoms with Crippen molar-refractivity contribution in [2.24, 2.45) is 0 Å². The normalized spacial score (nSPS) is 19.0. The number of aromatic nitrogens is 1. The summed E-state index contributed by atoms with van der Waals surface area (Å²) in [5.41, 5.74) is 0.873. The van der Waals surface area contributed by atoms with E-state index in [1.54, 1.807) is 24.5 Å². The first-order chi connectivity index (χ1) is 12.7. The van der Waals surface area contributed by atoms with Gasteiger partial charge in [0.25, 0.3) is 0 Å². The van der Waals surface area contributed by atoms with Crippen LogP contribution in [0.25, 0.3) is 0 Å². The van der Waals surface area contributed by atoms with Gasteiger partial charge in [-0.05, 0) is 17.7 Å². The molecule has 7 heteroatoms. The van der Waals surface area contributed by atoms with Crippen molar-refractivity contribution in [1.29, 1.82) is 0 Å². The van der Waals surface area contributed by atoms with Crippen LogP contribution < -0.4 is 4.74 Å². The molecule has 7 nitrogen and oxygen atoms in total. The van der Waals surface area contributed by atoms with E-state index in [1.165, 1.54) is 12.0 Å². The lowest BCUT2D eigenvalue weighted by molar-refractivity contribution is -0.145. The summed E-state index contributed by atoms with van der Waals surface area (Å²) in [5, 5.41) is 0. The summed E-state index contributed by atoms with van der Waals surface area (Å²) in [6.45, 7) is 0.375. The largest absolute Gasteiger partial charge is 0.487 e. The van der Waals surface area contributed by atoms with Gasteiger partial charge in [-0.15, -0.1) is 0 Å². The average molecular weight is 356 g/mol. The van der Waals surface area contributed by atoms with Crippen molar-refractivity contribution in [1.82, 2.24) is 9.88 Å². The first-order valence-corrected chi connectivity index (χ1v) is 8.29. The van der Waals surface area contributed by atoms with Gasteiger partial charge in [0.15, 0.2) is 0 Å². The third kappa shape index (κ3) is 4.30. The van der Waals surface area contributed by atoms with E-state index in [0.717, 1.165) is 5.56 Å². The second-order valence-corrected chi connectivity index (χ2v) is 5.90. The molecule has 0 bridgehead atoms. The van der Waals surface area contributed by atoms with Gasteiger partial charge in [-0.3, -0.25) is 9.88 Å². The van der Waals surface area contributed by atoms with Crippen LogP contribution in [-0.4, -0.2) is 47.7 Å². The highest BCUT2D eigenvalue weighted by Crippen LogP contribution is 2.24. The standard InChI is InChI=1S/C19H20N2O5/c1-24-18(22)17-10-16(26-15-8-5-9-20-11-15)12-21(17)19(23)25-13-14-6-3-2-4-7-14/h2-9,11,16-17H,10,12-13H2,1H3/t16-,17+/m0/s1. The predicted molar refractivity (Wildman–Crippen MR) is 92.4 cm³/mol. The second kappa shape index (κ2) is 8.33. The molecule has 2 heterocycles. The molecule has 0 saturated carbocycles. The van der Waals surface area contributed by atoms with E-state index in [9.17, 15) is 9.59 Å². The zero-order chi connectivity index (χ0) is 18.4. The number of carbonyl (C=O) groups excluding carboxylic acids is 2. The van der Waals surface area contributed by atoms with Crippen molar-refractivity contribution < 1.29 is 23.8 Å². The fourth-order valence-electron chi connectivity index (χ4n) is 2.86. The Labute approximate surface area is 151 Å². The van der Waals surface area contributed by atoms with Crippen molar-refractivity contribution in [2.75, 3.05) is 13.7 Å². The number of hydrogen-bond acceptors (Lipinski definition) is 6. The number of methoxy groups -OCH3 is 1. The lowest BCUT2D eigenvalue weighted by Crippen LogP contribution is -2.41. The molecule has 2 aromatic rings. The average Bonchev–Trinajstić information content (AvgIpc) is 3.11. The summed E-state index contributed by atoms with van der Waals surface area (Å²) in [4.78, 5) is 29.9. The van der Waals surface area contributed by atoms with Gasteiger partial charge in [0.1, 0.15) is 24.5 Å². The molecule has 1 aliphatic rings. The van der Waals surface area contributed by atoms with Crippen molar-refractivity contribution in [3.63, 3.8) is 0 Å². The Hall–Kier alpha value is -3.09. The van der Waals surface area contributed by atoms with E-state index in [-0.39, 0.29) is 19.3 Å². The van der Waals surface area contributed by atoms with E-state index >= 15 is 0 Å². The molecule has 0 unspecified atom stereocenters. The number of ether oxygens (including phenoxy) is 3. The number of benzene rings is 1. The first-order valence-electron chi connectivity index (χ1n) is 8.29. The number of hydrogen-bond donors (Lipinski definition) is 0. The molecule has 0 aliphatic carbocycles. The van der Waals surface area contributed by atoms with Crippen LogP contribution in [0.2, 0.25) is 0 Å². The molecule has 1 aliphatic heterocycles. The summed E-state index contributed by atoms with van der Waals surface area (Å²) in [5.74, 6) is 0.0968. The Morgan fingerprint density at radius 1 is 1.19 bits per heavy atom. The van der Waals surface area contributed by atoms with Crippen LogP contribution in [0, 0.1) is 0 Å². The fourth-order valence-corrected chi connectivity index (χ4v) is 2.86. The molecule has 3 rings (SSSR count). The van der Waals surface area contributed by atoms with Gasteiger partial charge in [-0.25, -0.2) is 9.59 Å². The number of rotatable bonds is 5. The first kappa shape index (κ1) is 17.7. The summed E-state index contributed by atoms with van der Waals surface area (Å²) in [7, 11) is 1.30. The summed E-state index contributed by atoms with van der Waals surface area (Å²) in [6, 6.07) is 12.2. The molecule has 1 aromatic carbocycles. The van der Waals surface area contributed by atoms with Crippen molar-refractivity contribution in [3.8, 4) is 5.75 Å². The highest BCUT2D eigenvalue weighted by molar-refractivity contribution is 5.82. The van der Waals surface area contributed by atoms with Crippen LogP contribution in [0.3, 0.4) is 0 Å². The minimum atomic E-state index is -0.732. The van der Waals surface area contributed by atoms with Gasteiger partial charge in [0, 0.05) is 12.6 Å². The second-order valence-electron chi connectivity index (χ2n) is 5.90. The van der Waals surface area contributed by atoms with E-state index < -0.39 is 18.1 Å². The van der Waals surface area contributed by atoms with Crippen LogP contribution in [0.4, 0.5) is 4.79 Å². The maximum atomic E-state index is 12.5. The van der Waals surface area contributed by atoms with Crippen LogP contribution in [0.15, 0.2) is 54.9 Å². The highest BCUT2D eigenvalue weighted by Gasteiger charge is 2.42. The smallest absolute Gasteiger partial charge is 0.410 e. The van der Waals surface area contributed by atoms with Crippen LogP contribution >= 0.6 is 0 Å². The number of pyridine rings is 1. The van der Waals surface area contributed by atoms with Crippen molar-refractivity contribution in [3.05, 3.63) is 60.4 Å². The summed E-state index contributed by atoms with van der Waals surface area (Å²) < 4.78 is 16.0. The van der Waals surface area contributed by atoms with Crippen molar-refractivity contribution in [2.45, 2.75) is 25.2 Å². The maximum absolute atomic E-state index is 12.5. The predicted octanol–water partition coefficient (Wildman–Crippen LogP) is 2.41. The van der Waals surface area contributed by atoms with Crippen LogP contribution in [-0.2, 0) is 20.9 Å². The summed E-state index contributed by atoms with van der Waals surface area (Å²) in [6.07, 6.45) is 2.66. The number of likely N-dealkylation sites (tertiary alicyclic amines) is 1. The lowest BCUT2D eigenvalue weighted by atomic mass is 10.2. The monoisotopic (exact) mass is 356 g/mol. The van der Waals surface area contributed by atoms with Crippen LogP contribution in [0.5, 0.6) is 5.75 Å². The van der Waals surface area contributed by atoms with E-state index in [2.05, 4.69) is 4.98 Å². The van der Waals surface area contributed by atoms with Gasteiger partial charge in [0.2, 0.25) is 0 Å². The fraction of sp³-hybridized carbons (Fsp3) is 0.316. The summed E-state index contributed by atoms with van der Waals surface area (Å²) >= 11 is 0. The Morgan fingerprint density at radius 3 is 2.69 bits per heavy atom. The third-order valence-electron chi connectivity index (χ3n) is 4.11. The third-order valence-corrected chi connectivity index (χ3v) is 4.11. The number of esters is 1. The highest BCUT2D eigenvalue weighted by atomic mass is 16.6. The van der Waals surface area contributed by atoms with Gasteiger partial charge in [-0.2, -0.15) is 0 Å². The Balaban J connectivity index is 1.64. The molecule has 0 N–H and O–H groups in total. The van der Waals surface area contributed by atoms with Crippen LogP contribution in [0.1, 0.15) is 12.0 Å². The molecule has 1 amide bonds. The van der Waals surface area contributed by atoms with Gasteiger partial charge >= 0.3 is 12.1 Å². The Morgan fingerprint density at radius 2 is 2.00 bits per heavy atom. The molecule has 136 valence electrons. The lowest BCUT2D eigenvalue weighted by Gasteiger charge is -2.21. The molecule has 1 fully saturated rings. The molecular formula is C19H20N2O5. The Bertz CT molecular complexity index is 738. The molecule has 1 aromatic heterocycles. The van der Waals surface area contributed by atoms with E-state index in [4.69, 9.17) is 14.2 Å². The minimum absolute atomic E-state index is 0.137. The number of amides is 1. The zero-order valence-corrected chi connectivity index (χ0v) is 14.4. The molecule has 1 saturated heterocycles. The molecule has 2 atom stereocenters. The van der Waals surface area contributed by atoms with Gasteiger partial charge in [-0.1, -0.05) is 30.3 Å². The minimum Gasteiger partial charge on any atom is -0.487 e. The topological polar surface area (TPSA) is 78.0 Å². The molecular weight excluding hydrogens is 336 g/mol. The Kier molecular flexibility index (Phi) is 5.68. The van der Waals surface area contributed by atoms with E-state index in [1.807, 2.05) is 30.3 Å². The SMILES string of the molecule is COC(=O)[C@H]1C[C@H](Oc2cccnc2)CN1C(=O)OCc1ccccc1. The quantitative estimate of drug-likeness (QED) is 0.766. The number of nitrogens with zero attached hydrogens (tertiary/aromatic N) is 2. The zero-order valence-electron chi connectivity index (χ0n) is 14.4. The van der Waals surface area contributed by atoms with E-state index in [0.29, 0.717) is 12.2 Å². The molecule has 0 radical (unpaired) electrons.